The molecule has 0 spiro atoms. The standard InChI is InChI=1S/C11H15NO2/c1-2-11(8-12,10(13)14)9-6-4-3-5-7-9/h3-7H,2,8,12H2,1H3,(H,13,14). The zero-order chi connectivity index (χ0) is 10.6. The van der Waals surface area contributed by atoms with Crippen molar-refractivity contribution in [2.75, 3.05) is 6.54 Å². The third kappa shape index (κ3) is 1.63. The lowest BCUT2D eigenvalue weighted by Gasteiger charge is -2.26. The van der Waals surface area contributed by atoms with E-state index in [1.165, 1.54) is 0 Å². The number of hydrogen-bond donors (Lipinski definition) is 2. The summed E-state index contributed by atoms with van der Waals surface area (Å²) in [5, 5.41) is 9.20. The molecule has 1 unspecified atom stereocenters. The molecule has 0 radical (unpaired) electrons. The van der Waals surface area contributed by atoms with Crippen LogP contribution >= 0.6 is 0 Å². The molecule has 1 aromatic rings. The van der Waals surface area contributed by atoms with E-state index in [9.17, 15) is 9.90 Å². The van der Waals surface area contributed by atoms with E-state index >= 15 is 0 Å². The molecule has 3 nitrogen and oxygen atoms in total. The fourth-order valence-corrected chi connectivity index (χ4v) is 1.59. The molecule has 0 amide bonds. The van der Waals surface area contributed by atoms with Crippen LogP contribution in [0.25, 0.3) is 0 Å². The van der Waals surface area contributed by atoms with Crippen LogP contribution in [0.4, 0.5) is 0 Å². The lowest BCUT2D eigenvalue weighted by Crippen LogP contribution is -2.42. The van der Waals surface area contributed by atoms with Crippen LogP contribution in [-0.4, -0.2) is 17.6 Å². The van der Waals surface area contributed by atoms with Gasteiger partial charge in [-0.25, -0.2) is 0 Å². The fourth-order valence-electron chi connectivity index (χ4n) is 1.59. The van der Waals surface area contributed by atoms with E-state index in [4.69, 9.17) is 5.73 Å². The molecule has 0 fully saturated rings. The van der Waals surface area contributed by atoms with Gasteiger partial charge in [0.05, 0.1) is 0 Å². The zero-order valence-electron chi connectivity index (χ0n) is 8.23. The van der Waals surface area contributed by atoms with Crippen molar-refractivity contribution in [2.45, 2.75) is 18.8 Å². The van der Waals surface area contributed by atoms with Crippen LogP contribution in [0.1, 0.15) is 18.9 Å². The van der Waals surface area contributed by atoms with Crippen molar-refractivity contribution in [3.8, 4) is 0 Å². The Kier molecular flexibility index (Phi) is 3.25. The Morgan fingerprint density at radius 3 is 2.36 bits per heavy atom. The Hall–Kier alpha value is -1.35. The van der Waals surface area contributed by atoms with Crippen LogP contribution < -0.4 is 5.73 Å². The Labute approximate surface area is 83.6 Å². The smallest absolute Gasteiger partial charge is 0.315 e. The zero-order valence-corrected chi connectivity index (χ0v) is 8.23. The molecule has 0 heterocycles. The van der Waals surface area contributed by atoms with E-state index in [2.05, 4.69) is 0 Å². The minimum absolute atomic E-state index is 0.128. The van der Waals surface area contributed by atoms with Gasteiger partial charge < -0.3 is 10.8 Å². The number of carboxylic acid groups (broad SMARTS) is 1. The fraction of sp³-hybridized carbons (Fsp3) is 0.364. The quantitative estimate of drug-likeness (QED) is 0.759. The molecule has 1 rings (SSSR count). The molecule has 1 atom stereocenters. The van der Waals surface area contributed by atoms with Crippen molar-refractivity contribution in [1.82, 2.24) is 0 Å². The number of hydrogen-bond acceptors (Lipinski definition) is 2. The van der Waals surface area contributed by atoms with Crippen LogP contribution in [-0.2, 0) is 10.2 Å². The summed E-state index contributed by atoms with van der Waals surface area (Å²) in [6.45, 7) is 1.97. The van der Waals surface area contributed by atoms with E-state index in [-0.39, 0.29) is 6.54 Å². The summed E-state index contributed by atoms with van der Waals surface area (Å²) in [6, 6.07) is 9.15. The average Bonchev–Trinajstić information content (AvgIpc) is 2.22. The number of rotatable bonds is 4. The average molecular weight is 193 g/mol. The van der Waals surface area contributed by atoms with Crippen molar-refractivity contribution < 1.29 is 9.90 Å². The summed E-state index contributed by atoms with van der Waals surface area (Å²) in [4.78, 5) is 11.2. The monoisotopic (exact) mass is 193 g/mol. The van der Waals surface area contributed by atoms with Gasteiger partial charge >= 0.3 is 5.97 Å². The van der Waals surface area contributed by atoms with Gasteiger partial charge in [-0.3, -0.25) is 4.79 Å². The number of carboxylic acids is 1. The number of nitrogens with two attached hydrogens (primary N) is 1. The van der Waals surface area contributed by atoms with E-state index < -0.39 is 11.4 Å². The summed E-state index contributed by atoms with van der Waals surface area (Å²) >= 11 is 0. The second-order valence-corrected chi connectivity index (χ2v) is 3.31. The minimum Gasteiger partial charge on any atom is -0.481 e. The normalized spacial score (nSPS) is 14.7. The third-order valence-electron chi connectivity index (χ3n) is 2.69. The summed E-state index contributed by atoms with van der Waals surface area (Å²) in [7, 11) is 0. The highest BCUT2D eigenvalue weighted by Gasteiger charge is 2.36. The largest absolute Gasteiger partial charge is 0.481 e. The molecule has 0 aliphatic carbocycles. The first-order chi connectivity index (χ1) is 6.67. The number of benzene rings is 1. The molecule has 14 heavy (non-hydrogen) atoms. The maximum Gasteiger partial charge on any atom is 0.315 e. The van der Waals surface area contributed by atoms with Gasteiger partial charge in [0.1, 0.15) is 5.41 Å². The third-order valence-corrected chi connectivity index (χ3v) is 2.69. The first-order valence-electron chi connectivity index (χ1n) is 4.66. The van der Waals surface area contributed by atoms with Crippen molar-refractivity contribution >= 4 is 5.97 Å². The van der Waals surface area contributed by atoms with Gasteiger partial charge in [-0.2, -0.15) is 0 Å². The molecule has 3 heteroatoms. The van der Waals surface area contributed by atoms with Gasteiger partial charge in [0, 0.05) is 6.54 Å². The van der Waals surface area contributed by atoms with Gasteiger partial charge in [0.2, 0.25) is 0 Å². The van der Waals surface area contributed by atoms with Crippen LogP contribution in [0.2, 0.25) is 0 Å². The summed E-state index contributed by atoms with van der Waals surface area (Å²) in [5.41, 5.74) is 5.42. The Morgan fingerprint density at radius 1 is 1.43 bits per heavy atom. The molecule has 0 aliphatic heterocycles. The predicted molar refractivity (Wildman–Crippen MR) is 55.1 cm³/mol. The summed E-state index contributed by atoms with van der Waals surface area (Å²) < 4.78 is 0. The lowest BCUT2D eigenvalue weighted by molar-refractivity contribution is -0.143. The Bertz CT molecular complexity index is 304. The molecule has 3 N–H and O–H groups in total. The molecule has 1 aromatic carbocycles. The van der Waals surface area contributed by atoms with Crippen molar-refractivity contribution in [3.05, 3.63) is 35.9 Å². The van der Waals surface area contributed by atoms with Crippen LogP contribution in [0.5, 0.6) is 0 Å². The SMILES string of the molecule is CCC(CN)(C(=O)O)c1ccccc1. The van der Waals surface area contributed by atoms with Gasteiger partial charge in [-0.1, -0.05) is 37.3 Å². The molecule has 0 aromatic heterocycles. The topological polar surface area (TPSA) is 63.3 Å². The van der Waals surface area contributed by atoms with E-state index in [0.29, 0.717) is 6.42 Å². The number of carbonyl (C=O) groups is 1. The predicted octanol–water partition coefficient (Wildman–Crippen LogP) is 1.38. The van der Waals surface area contributed by atoms with Crippen LogP contribution in [0, 0.1) is 0 Å². The first kappa shape index (κ1) is 10.7. The molecule has 0 saturated carbocycles. The lowest BCUT2D eigenvalue weighted by atomic mass is 9.78. The maximum absolute atomic E-state index is 11.2. The highest BCUT2D eigenvalue weighted by atomic mass is 16.4. The Morgan fingerprint density at radius 2 is 2.00 bits per heavy atom. The van der Waals surface area contributed by atoms with E-state index in [1.54, 1.807) is 0 Å². The van der Waals surface area contributed by atoms with E-state index in [1.807, 2.05) is 37.3 Å². The molecule has 0 bridgehead atoms. The molecular weight excluding hydrogens is 178 g/mol. The molecule has 0 saturated heterocycles. The second kappa shape index (κ2) is 4.24. The Balaban J connectivity index is 3.18. The van der Waals surface area contributed by atoms with Gasteiger partial charge in [-0.05, 0) is 12.0 Å². The molecule has 0 aliphatic rings. The highest BCUT2D eigenvalue weighted by Crippen LogP contribution is 2.26. The van der Waals surface area contributed by atoms with Gasteiger partial charge in [-0.15, -0.1) is 0 Å². The molecule has 76 valence electrons. The summed E-state index contributed by atoms with van der Waals surface area (Å²) in [6.07, 6.45) is 0.503. The number of aliphatic carboxylic acids is 1. The van der Waals surface area contributed by atoms with Gasteiger partial charge in [0.15, 0.2) is 0 Å². The van der Waals surface area contributed by atoms with Crippen molar-refractivity contribution in [1.29, 1.82) is 0 Å². The van der Waals surface area contributed by atoms with Gasteiger partial charge in [0.25, 0.3) is 0 Å². The maximum atomic E-state index is 11.2. The van der Waals surface area contributed by atoms with Crippen LogP contribution in [0.15, 0.2) is 30.3 Å². The minimum atomic E-state index is -0.929. The highest BCUT2D eigenvalue weighted by molar-refractivity contribution is 5.81. The van der Waals surface area contributed by atoms with Crippen molar-refractivity contribution in [3.63, 3.8) is 0 Å². The van der Waals surface area contributed by atoms with Crippen molar-refractivity contribution in [2.24, 2.45) is 5.73 Å². The van der Waals surface area contributed by atoms with E-state index in [0.717, 1.165) is 5.56 Å². The second-order valence-electron chi connectivity index (χ2n) is 3.31. The first-order valence-corrected chi connectivity index (χ1v) is 4.66. The van der Waals surface area contributed by atoms with Crippen LogP contribution in [0.3, 0.4) is 0 Å². The molecular formula is C11H15NO2. The summed E-state index contributed by atoms with van der Waals surface area (Å²) in [5.74, 6) is -0.853.